The van der Waals surface area contributed by atoms with Gasteiger partial charge >= 0.3 is 0 Å². The molecule has 1 atom stereocenters. The first-order chi connectivity index (χ1) is 9.69. The SMILES string of the molecule is CNC(CCc1ccccc1)Cc1ccc(Cl)cc1F. The van der Waals surface area contributed by atoms with Gasteiger partial charge in [-0.05, 0) is 49.6 Å². The van der Waals surface area contributed by atoms with Crippen molar-refractivity contribution in [3.63, 3.8) is 0 Å². The molecule has 0 saturated carbocycles. The zero-order valence-electron chi connectivity index (χ0n) is 11.6. The third-order valence-corrected chi connectivity index (χ3v) is 3.75. The van der Waals surface area contributed by atoms with Gasteiger partial charge in [-0.25, -0.2) is 4.39 Å². The summed E-state index contributed by atoms with van der Waals surface area (Å²) >= 11 is 5.77. The Bertz CT molecular complexity index is 542. The number of halogens is 2. The van der Waals surface area contributed by atoms with Crippen LogP contribution in [0, 0.1) is 5.82 Å². The lowest BCUT2D eigenvalue weighted by Gasteiger charge is -2.16. The minimum absolute atomic E-state index is 0.225. The van der Waals surface area contributed by atoms with E-state index in [-0.39, 0.29) is 11.9 Å². The molecule has 1 unspecified atom stereocenters. The van der Waals surface area contributed by atoms with Gasteiger partial charge in [0, 0.05) is 11.1 Å². The summed E-state index contributed by atoms with van der Waals surface area (Å²) in [4.78, 5) is 0. The summed E-state index contributed by atoms with van der Waals surface area (Å²) in [6.45, 7) is 0. The highest BCUT2D eigenvalue weighted by atomic mass is 35.5. The summed E-state index contributed by atoms with van der Waals surface area (Å²) in [5.74, 6) is -0.225. The molecule has 3 heteroatoms. The van der Waals surface area contributed by atoms with Crippen LogP contribution in [0.25, 0.3) is 0 Å². The molecule has 0 aliphatic carbocycles. The number of hydrogen-bond acceptors (Lipinski definition) is 1. The van der Waals surface area contributed by atoms with Crippen molar-refractivity contribution in [2.75, 3.05) is 7.05 Å². The smallest absolute Gasteiger partial charge is 0.127 e. The van der Waals surface area contributed by atoms with E-state index in [4.69, 9.17) is 11.6 Å². The molecule has 0 amide bonds. The largest absolute Gasteiger partial charge is 0.317 e. The lowest BCUT2D eigenvalue weighted by atomic mass is 9.99. The first kappa shape index (κ1) is 15.0. The molecule has 1 nitrogen and oxygen atoms in total. The van der Waals surface area contributed by atoms with Crippen molar-refractivity contribution in [1.82, 2.24) is 5.32 Å². The van der Waals surface area contributed by atoms with E-state index in [1.165, 1.54) is 11.6 Å². The van der Waals surface area contributed by atoms with Crippen LogP contribution in [0.4, 0.5) is 4.39 Å². The number of rotatable bonds is 6. The Morgan fingerprint density at radius 1 is 1.15 bits per heavy atom. The van der Waals surface area contributed by atoms with Crippen molar-refractivity contribution in [2.45, 2.75) is 25.3 Å². The summed E-state index contributed by atoms with van der Waals surface area (Å²) in [7, 11) is 1.92. The highest BCUT2D eigenvalue weighted by molar-refractivity contribution is 6.30. The molecular weight excluding hydrogens is 273 g/mol. The van der Waals surface area contributed by atoms with Gasteiger partial charge in [-0.15, -0.1) is 0 Å². The second-order valence-electron chi connectivity index (χ2n) is 4.95. The Labute approximate surface area is 124 Å². The van der Waals surface area contributed by atoms with Crippen LogP contribution in [0.15, 0.2) is 48.5 Å². The van der Waals surface area contributed by atoms with Crippen LogP contribution in [0.5, 0.6) is 0 Å². The van der Waals surface area contributed by atoms with Crippen molar-refractivity contribution in [3.05, 3.63) is 70.5 Å². The van der Waals surface area contributed by atoms with E-state index in [1.54, 1.807) is 12.1 Å². The van der Waals surface area contributed by atoms with Crippen LogP contribution in [-0.2, 0) is 12.8 Å². The standard InChI is InChI=1S/C17H19ClFN/c1-20-16(10-7-13-5-3-2-4-6-13)11-14-8-9-15(18)12-17(14)19/h2-6,8-9,12,16,20H,7,10-11H2,1H3. The zero-order valence-corrected chi connectivity index (χ0v) is 12.3. The van der Waals surface area contributed by atoms with E-state index >= 15 is 0 Å². The maximum Gasteiger partial charge on any atom is 0.127 e. The Morgan fingerprint density at radius 3 is 2.55 bits per heavy atom. The molecule has 20 heavy (non-hydrogen) atoms. The van der Waals surface area contributed by atoms with Crippen molar-refractivity contribution in [3.8, 4) is 0 Å². The maximum absolute atomic E-state index is 13.8. The van der Waals surface area contributed by atoms with Gasteiger partial charge in [0.05, 0.1) is 0 Å². The average Bonchev–Trinajstić information content (AvgIpc) is 2.46. The lowest BCUT2D eigenvalue weighted by molar-refractivity contribution is 0.504. The van der Waals surface area contributed by atoms with E-state index in [2.05, 4.69) is 17.4 Å². The van der Waals surface area contributed by atoms with Gasteiger partial charge in [0.15, 0.2) is 0 Å². The second-order valence-corrected chi connectivity index (χ2v) is 5.39. The fourth-order valence-corrected chi connectivity index (χ4v) is 2.45. The number of hydrogen-bond donors (Lipinski definition) is 1. The molecule has 0 aliphatic heterocycles. The predicted molar refractivity (Wildman–Crippen MR) is 82.7 cm³/mol. The van der Waals surface area contributed by atoms with Crippen LogP contribution >= 0.6 is 11.6 Å². The highest BCUT2D eigenvalue weighted by Crippen LogP contribution is 2.17. The van der Waals surface area contributed by atoms with Gasteiger partial charge < -0.3 is 5.32 Å². The maximum atomic E-state index is 13.8. The minimum Gasteiger partial charge on any atom is -0.317 e. The molecule has 106 valence electrons. The molecule has 0 aromatic heterocycles. The van der Waals surface area contributed by atoms with Crippen LogP contribution in [0.1, 0.15) is 17.5 Å². The molecule has 0 aliphatic rings. The topological polar surface area (TPSA) is 12.0 Å². The lowest BCUT2D eigenvalue weighted by Crippen LogP contribution is -2.28. The van der Waals surface area contributed by atoms with Gasteiger partial charge in [-0.2, -0.15) is 0 Å². The molecule has 0 heterocycles. The van der Waals surface area contributed by atoms with Crippen LogP contribution in [0.2, 0.25) is 5.02 Å². The monoisotopic (exact) mass is 291 g/mol. The van der Waals surface area contributed by atoms with Gasteiger partial charge in [0.25, 0.3) is 0 Å². The summed E-state index contributed by atoms with van der Waals surface area (Å²) in [5.41, 5.74) is 2.02. The van der Waals surface area contributed by atoms with Crippen molar-refractivity contribution < 1.29 is 4.39 Å². The molecule has 0 spiro atoms. The highest BCUT2D eigenvalue weighted by Gasteiger charge is 2.11. The molecular formula is C17H19ClFN. The first-order valence-electron chi connectivity index (χ1n) is 6.84. The van der Waals surface area contributed by atoms with Crippen molar-refractivity contribution in [2.24, 2.45) is 0 Å². The fourth-order valence-electron chi connectivity index (χ4n) is 2.29. The Kier molecular flexibility index (Phi) is 5.57. The van der Waals surface area contributed by atoms with E-state index in [0.717, 1.165) is 12.8 Å². The number of likely N-dealkylation sites (N-methyl/N-ethyl adjacent to an activating group) is 1. The number of benzene rings is 2. The summed E-state index contributed by atoms with van der Waals surface area (Å²) in [6, 6.07) is 15.5. The van der Waals surface area contributed by atoms with Gasteiger partial charge in [-0.3, -0.25) is 0 Å². The van der Waals surface area contributed by atoms with Crippen LogP contribution in [-0.4, -0.2) is 13.1 Å². The molecule has 2 rings (SSSR count). The van der Waals surface area contributed by atoms with Gasteiger partial charge in [0.1, 0.15) is 5.82 Å². The summed E-state index contributed by atoms with van der Waals surface area (Å²) in [6.07, 6.45) is 2.64. The van der Waals surface area contributed by atoms with Gasteiger partial charge in [0.2, 0.25) is 0 Å². The third-order valence-electron chi connectivity index (χ3n) is 3.51. The van der Waals surface area contributed by atoms with Crippen molar-refractivity contribution >= 4 is 11.6 Å². The molecule has 0 fully saturated rings. The second kappa shape index (κ2) is 7.41. The summed E-state index contributed by atoms with van der Waals surface area (Å²) < 4.78 is 13.8. The molecule has 0 bridgehead atoms. The Balaban J connectivity index is 1.95. The summed E-state index contributed by atoms with van der Waals surface area (Å²) in [5, 5.41) is 3.70. The molecule has 2 aromatic rings. The van der Waals surface area contributed by atoms with Crippen LogP contribution < -0.4 is 5.32 Å². The Hall–Kier alpha value is -1.38. The first-order valence-corrected chi connectivity index (χ1v) is 7.22. The van der Waals surface area contributed by atoms with Gasteiger partial charge in [-0.1, -0.05) is 48.0 Å². The van der Waals surface area contributed by atoms with E-state index < -0.39 is 0 Å². The zero-order chi connectivity index (χ0) is 14.4. The van der Waals surface area contributed by atoms with E-state index in [1.807, 2.05) is 25.2 Å². The molecule has 0 saturated heterocycles. The van der Waals surface area contributed by atoms with Crippen LogP contribution in [0.3, 0.4) is 0 Å². The molecule has 2 aromatic carbocycles. The number of aryl methyl sites for hydroxylation is 1. The normalized spacial score (nSPS) is 12.3. The van der Waals surface area contributed by atoms with E-state index in [9.17, 15) is 4.39 Å². The molecule has 1 N–H and O–H groups in total. The predicted octanol–water partition coefficient (Wildman–Crippen LogP) is 4.24. The van der Waals surface area contributed by atoms with E-state index in [0.29, 0.717) is 17.0 Å². The average molecular weight is 292 g/mol. The number of nitrogens with one attached hydrogen (secondary N) is 1. The fraction of sp³-hybridized carbons (Fsp3) is 0.294. The van der Waals surface area contributed by atoms with Crippen molar-refractivity contribution in [1.29, 1.82) is 0 Å². The third kappa shape index (κ3) is 4.32. The Morgan fingerprint density at radius 2 is 1.90 bits per heavy atom. The quantitative estimate of drug-likeness (QED) is 0.839. The molecule has 0 radical (unpaired) electrons. The minimum atomic E-state index is -0.225.